The van der Waals surface area contributed by atoms with E-state index in [0.717, 1.165) is 12.8 Å². The quantitative estimate of drug-likeness (QED) is 0.155. The SMILES string of the molecule is COCCCCOc1ccccc1C(=O)NC[C@@H](C[C@H](N)[C@@H](O)CN(O)C(=O)C(C)(C)C)C(C)C.Cl. The second-order valence-electron chi connectivity index (χ2n) is 10.4. The van der Waals surface area contributed by atoms with E-state index in [1.165, 1.54) is 0 Å². The molecule has 36 heavy (non-hydrogen) atoms. The maximum Gasteiger partial charge on any atom is 0.255 e. The standard InChI is InChI=1S/C26H45N3O6.ClH/c1-18(2)19(15-21(27)22(30)17-29(33)25(32)26(3,4)5)16-28-24(31)20-11-7-8-12-23(20)35-14-10-9-13-34-6;/h7-8,11-12,18-19,21-22,30,33H,9-10,13-17,27H2,1-6H3,(H,28,31);1H/t19-,21+,22+;/m1./s1. The zero-order valence-electron chi connectivity index (χ0n) is 22.5. The number of hydroxylamine groups is 2. The molecule has 9 nitrogen and oxygen atoms in total. The van der Waals surface area contributed by atoms with Crippen molar-refractivity contribution < 1.29 is 29.4 Å². The van der Waals surface area contributed by atoms with Gasteiger partial charge in [-0.15, -0.1) is 12.4 Å². The van der Waals surface area contributed by atoms with Crippen LogP contribution in [0.2, 0.25) is 0 Å². The van der Waals surface area contributed by atoms with E-state index >= 15 is 0 Å². The van der Waals surface area contributed by atoms with Crippen LogP contribution >= 0.6 is 12.4 Å². The van der Waals surface area contributed by atoms with Crippen LogP contribution in [0.25, 0.3) is 0 Å². The summed E-state index contributed by atoms with van der Waals surface area (Å²) < 4.78 is 10.9. The van der Waals surface area contributed by atoms with Crippen molar-refractivity contribution in [2.75, 3.05) is 33.4 Å². The van der Waals surface area contributed by atoms with E-state index in [4.69, 9.17) is 15.2 Å². The molecule has 1 aromatic rings. The first kappa shape index (κ1) is 34.1. The number of hydrogen-bond donors (Lipinski definition) is 4. The molecule has 0 spiro atoms. The zero-order chi connectivity index (χ0) is 26.6. The number of carbonyl (C=O) groups is 2. The lowest BCUT2D eigenvalue weighted by molar-refractivity contribution is -0.180. The molecule has 5 N–H and O–H groups in total. The molecule has 0 saturated heterocycles. The third-order valence-corrected chi connectivity index (χ3v) is 5.90. The Morgan fingerprint density at radius 1 is 1.14 bits per heavy atom. The number of amides is 2. The highest BCUT2D eigenvalue weighted by atomic mass is 35.5. The molecule has 0 aliphatic rings. The molecule has 208 valence electrons. The van der Waals surface area contributed by atoms with Crippen LogP contribution < -0.4 is 15.8 Å². The summed E-state index contributed by atoms with van der Waals surface area (Å²) in [5.41, 5.74) is 5.89. The first-order valence-corrected chi connectivity index (χ1v) is 12.3. The number of nitrogens with zero attached hydrogens (tertiary/aromatic N) is 1. The molecule has 0 aliphatic carbocycles. The van der Waals surface area contributed by atoms with Gasteiger partial charge in [-0.1, -0.05) is 46.8 Å². The number of rotatable bonds is 15. The van der Waals surface area contributed by atoms with Crippen LogP contribution in [-0.4, -0.2) is 72.8 Å². The van der Waals surface area contributed by atoms with Gasteiger partial charge in [0.25, 0.3) is 11.8 Å². The number of halogens is 1. The third kappa shape index (κ3) is 11.9. The largest absolute Gasteiger partial charge is 0.493 e. The van der Waals surface area contributed by atoms with E-state index in [9.17, 15) is 19.9 Å². The fourth-order valence-corrected chi connectivity index (χ4v) is 3.51. The lowest BCUT2D eigenvalue weighted by Gasteiger charge is -2.30. The summed E-state index contributed by atoms with van der Waals surface area (Å²) in [6.07, 6.45) is 1.02. The number of nitrogens with one attached hydrogen (secondary N) is 1. The van der Waals surface area contributed by atoms with Gasteiger partial charge < -0.3 is 25.6 Å². The molecule has 1 rings (SSSR count). The van der Waals surface area contributed by atoms with Gasteiger partial charge in [0, 0.05) is 31.7 Å². The first-order chi connectivity index (χ1) is 16.4. The average Bonchev–Trinajstić information content (AvgIpc) is 2.80. The molecule has 0 unspecified atom stereocenters. The average molecular weight is 532 g/mol. The van der Waals surface area contributed by atoms with Crippen LogP contribution in [0, 0.1) is 17.3 Å². The second kappa shape index (κ2) is 16.8. The van der Waals surface area contributed by atoms with Gasteiger partial charge in [0.05, 0.1) is 24.8 Å². The zero-order valence-corrected chi connectivity index (χ0v) is 23.3. The van der Waals surface area contributed by atoms with E-state index in [2.05, 4.69) is 5.32 Å². The predicted octanol–water partition coefficient (Wildman–Crippen LogP) is 3.26. The van der Waals surface area contributed by atoms with Crippen molar-refractivity contribution in [1.82, 2.24) is 10.4 Å². The van der Waals surface area contributed by atoms with Gasteiger partial charge >= 0.3 is 0 Å². The summed E-state index contributed by atoms with van der Waals surface area (Å²) in [5, 5.41) is 24.0. The summed E-state index contributed by atoms with van der Waals surface area (Å²) in [4.78, 5) is 25.1. The lowest BCUT2D eigenvalue weighted by Crippen LogP contribution is -2.48. The molecular weight excluding hydrogens is 486 g/mol. The monoisotopic (exact) mass is 531 g/mol. The van der Waals surface area contributed by atoms with Gasteiger partial charge in [0.15, 0.2) is 0 Å². The van der Waals surface area contributed by atoms with Gasteiger partial charge in [-0.05, 0) is 43.2 Å². The van der Waals surface area contributed by atoms with Crippen molar-refractivity contribution in [3.63, 3.8) is 0 Å². The van der Waals surface area contributed by atoms with E-state index < -0.39 is 23.5 Å². The Bertz CT molecular complexity index is 787. The Labute approximate surface area is 222 Å². The topological polar surface area (TPSA) is 134 Å². The van der Waals surface area contributed by atoms with Crippen molar-refractivity contribution >= 4 is 24.2 Å². The molecular formula is C26H46ClN3O6. The molecule has 0 radical (unpaired) electrons. The molecule has 10 heteroatoms. The minimum Gasteiger partial charge on any atom is -0.493 e. The summed E-state index contributed by atoms with van der Waals surface area (Å²) in [7, 11) is 1.66. The summed E-state index contributed by atoms with van der Waals surface area (Å²) in [6, 6.07) is 6.44. The lowest BCUT2D eigenvalue weighted by atomic mass is 9.87. The maximum atomic E-state index is 12.9. The Balaban J connectivity index is 0.0000122. The summed E-state index contributed by atoms with van der Waals surface area (Å²) >= 11 is 0. The number of carbonyl (C=O) groups excluding carboxylic acids is 2. The first-order valence-electron chi connectivity index (χ1n) is 12.3. The molecule has 3 atom stereocenters. The number of para-hydroxylation sites is 1. The Morgan fingerprint density at radius 2 is 1.75 bits per heavy atom. The van der Waals surface area contributed by atoms with Gasteiger partial charge in [0.2, 0.25) is 0 Å². The van der Waals surface area contributed by atoms with Crippen LogP contribution in [0.3, 0.4) is 0 Å². The highest BCUT2D eigenvalue weighted by Crippen LogP contribution is 2.21. The van der Waals surface area contributed by atoms with Crippen LogP contribution in [0.4, 0.5) is 0 Å². The summed E-state index contributed by atoms with van der Waals surface area (Å²) in [6.45, 7) is 10.4. The Morgan fingerprint density at radius 3 is 2.33 bits per heavy atom. The fraction of sp³-hybridized carbons (Fsp3) is 0.692. The van der Waals surface area contributed by atoms with Crippen molar-refractivity contribution in [1.29, 1.82) is 0 Å². The molecule has 0 heterocycles. The second-order valence-corrected chi connectivity index (χ2v) is 10.4. The fourth-order valence-electron chi connectivity index (χ4n) is 3.51. The molecule has 2 amide bonds. The van der Waals surface area contributed by atoms with Crippen LogP contribution in [0.1, 0.15) is 64.2 Å². The number of methoxy groups -OCH3 is 1. The highest BCUT2D eigenvalue weighted by molar-refractivity contribution is 5.96. The van der Waals surface area contributed by atoms with E-state index in [1.807, 2.05) is 19.9 Å². The number of benzene rings is 1. The van der Waals surface area contributed by atoms with Gasteiger partial charge in [-0.3, -0.25) is 14.8 Å². The number of aliphatic hydroxyl groups excluding tert-OH is 1. The maximum absolute atomic E-state index is 12.9. The van der Waals surface area contributed by atoms with E-state index in [-0.39, 0.29) is 36.7 Å². The van der Waals surface area contributed by atoms with Crippen LogP contribution in [0.5, 0.6) is 5.75 Å². The number of nitrogens with two attached hydrogens (primary N) is 1. The third-order valence-electron chi connectivity index (χ3n) is 5.90. The van der Waals surface area contributed by atoms with Crippen LogP contribution in [0.15, 0.2) is 24.3 Å². The van der Waals surface area contributed by atoms with Gasteiger partial charge in [0.1, 0.15) is 5.75 Å². The number of hydrogen-bond acceptors (Lipinski definition) is 7. The van der Waals surface area contributed by atoms with Crippen molar-refractivity contribution in [2.24, 2.45) is 23.0 Å². The van der Waals surface area contributed by atoms with Crippen molar-refractivity contribution in [3.05, 3.63) is 29.8 Å². The Kier molecular flexibility index (Phi) is 15.9. The van der Waals surface area contributed by atoms with Crippen molar-refractivity contribution in [3.8, 4) is 5.75 Å². The number of aliphatic hydroxyl groups is 1. The number of unbranched alkanes of at least 4 members (excludes halogenated alkanes) is 1. The molecule has 0 saturated carbocycles. The minimum atomic E-state index is -1.10. The smallest absolute Gasteiger partial charge is 0.255 e. The normalized spacial score (nSPS) is 13.9. The highest BCUT2D eigenvalue weighted by Gasteiger charge is 2.30. The molecule has 1 aromatic carbocycles. The molecule has 0 aromatic heterocycles. The van der Waals surface area contributed by atoms with Gasteiger partial charge in [-0.2, -0.15) is 0 Å². The Hall–Kier alpha value is -1.91. The van der Waals surface area contributed by atoms with Crippen LogP contribution in [-0.2, 0) is 9.53 Å². The predicted molar refractivity (Wildman–Crippen MR) is 143 cm³/mol. The van der Waals surface area contributed by atoms with E-state index in [0.29, 0.717) is 42.6 Å². The van der Waals surface area contributed by atoms with E-state index in [1.54, 1.807) is 46.1 Å². The molecule has 0 bridgehead atoms. The number of ether oxygens (including phenoxy) is 2. The van der Waals surface area contributed by atoms with Crippen molar-refractivity contribution in [2.45, 2.75) is 66.0 Å². The summed E-state index contributed by atoms with van der Waals surface area (Å²) in [5.74, 6) is -0.0359. The molecule has 0 fully saturated rings. The molecule has 0 aliphatic heterocycles. The van der Waals surface area contributed by atoms with Gasteiger partial charge in [-0.25, -0.2) is 5.06 Å². The minimum absolute atomic E-state index is 0.